The van der Waals surface area contributed by atoms with E-state index in [1.165, 1.54) is 17.3 Å². The number of aromatic nitrogens is 3. The first-order valence-electron chi connectivity index (χ1n) is 11.8. The molecule has 3 heterocycles. The fourth-order valence-electron chi connectivity index (χ4n) is 3.80. The lowest BCUT2D eigenvalue weighted by atomic mass is 9.90. The van der Waals surface area contributed by atoms with Crippen LogP contribution < -0.4 is 21.3 Å². The van der Waals surface area contributed by atoms with Crippen molar-refractivity contribution in [2.45, 2.75) is 52.1 Å². The molecule has 0 bridgehead atoms. The zero-order valence-electron chi connectivity index (χ0n) is 20.6. The first kappa shape index (κ1) is 24.5. The molecule has 1 aliphatic heterocycles. The molecule has 0 unspecified atom stereocenters. The molecule has 0 atom stereocenters. The van der Waals surface area contributed by atoms with Crippen LogP contribution in [0.3, 0.4) is 0 Å². The average molecular weight is 478 g/mol. The molecule has 0 fully saturated rings. The van der Waals surface area contributed by atoms with Gasteiger partial charge in [-0.3, -0.25) is 9.18 Å². The SMILES string of the molecule is CC(C)NC(=O)c1cnc(Nc2ccc3c(c2)CCNC3)nc1Nc1cccc(C(C)(C)CF)n1. The van der Waals surface area contributed by atoms with Gasteiger partial charge in [0.2, 0.25) is 5.95 Å². The maximum atomic E-state index is 13.5. The van der Waals surface area contributed by atoms with Crippen molar-refractivity contribution in [2.75, 3.05) is 23.9 Å². The number of nitrogens with one attached hydrogen (secondary N) is 4. The number of alkyl halides is 1. The molecule has 4 rings (SSSR count). The van der Waals surface area contributed by atoms with E-state index < -0.39 is 12.1 Å². The zero-order chi connectivity index (χ0) is 25.0. The van der Waals surface area contributed by atoms with Gasteiger partial charge in [0.15, 0.2) is 0 Å². The quantitative estimate of drug-likeness (QED) is 0.381. The van der Waals surface area contributed by atoms with Crippen LogP contribution in [-0.2, 0) is 18.4 Å². The molecule has 1 amide bonds. The van der Waals surface area contributed by atoms with Crippen LogP contribution in [0.1, 0.15) is 54.9 Å². The Morgan fingerprint density at radius 1 is 1.14 bits per heavy atom. The maximum Gasteiger partial charge on any atom is 0.256 e. The van der Waals surface area contributed by atoms with Gasteiger partial charge in [0.05, 0.1) is 5.69 Å². The van der Waals surface area contributed by atoms with Crippen LogP contribution in [0, 0.1) is 0 Å². The number of nitrogens with zero attached hydrogens (tertiary/aromatic N) is 3. The van der Waals surface area contributed by atoms with Crippen molar-refractivity contribution in [1.82, 2.24) is 25.6 Å². The van der Waals surface area contributed by atoms with Crippen LogP contribution in [-0.4, -0.2) is 40.1 Å². The number of fused-ring (bicyclic) bond motifs is 1. The molecular weight excluding hydrogens is 445 g/mol. The normalized spacial score (nSPS) is 13.3. The van der Waals surface area contributed by atoms with E-state index in [1.807, 2.05) is 19.9 Å². The fraction of sp³-hybridized carbons (Fsp3) is 0.385. The van der Waals surface area contributed by atoms with Gasteiger partial charge in [0, 0.05) is 29.9 Å². The Hall–Kier alpha value is -3.59. The summed E-state index contributed by atoms with van der Waals surface area (Å²) in [6.07, 6.45) is 2.46. The minimum Gasteiger partial charge on any atom is -0.350 e. The van der Waals surface area contributed by atoms with Crippen molar-refractivity contribution in [3.63, 3.8) is 0 Å². The summed E-state index contributed by atoms with van der Waals surface area (Å²) in [5.74, 6) is 0.831. The molecule has 3 aromatic rings. The van der Waals surface area contributed by atoms with Crippen molar-refractivity contribution in [2.24, 2.45) is 0 Å². The number of hydrogen-bond acceptors (Lipinski definition) is 7. The Kier molecular flexibility index (Phi) is 7.25. The Labute approximate surface area is 205 Å². The van der Waals surface area contributed by atoms with Crippen LogP contribution in [0.5, 0.6) is 0 Å². The third kappa shape index (κ3) is 5.92. The van der Waals surface area contributed by atoms with Crippen LogP contribution >= 0.6 is 0 Å². The Morgan fingerprint density at radius 2 is 1.97 bits per heavy atom. The summed E-state index contributed by atoms with van der Waals surface area (Å²) in [6, 6.07) is 11.5. The minimum absolute atomic E-state index is 0.0510. The maximum absolute atomic E-state index is 13.5. The summed E-state index contributed by atoms with van der Waals surface area (Å²) in [6.45, 7) is 8.64. The molecule has 0 spiro atoms. The molecule has 35 heavy (non-hydrogen) atoms. The van der Waals surface area contributed by atoms with Gasteiger partial charge in [-0.25, -0.2) is 9.97 Å². The van der Waals surface area contributed by atoms with Crippen molar-refractivity contribution < 1.29 is 9.18 Å². The highest BCUT2D eigenvalue weighted by molar-refractivity contribution is 5.99. The van der Waals surface area contributed by atoms with E-state index in [2.05, 4.69) is 48.4 Å². The molecule has 0 aliphatic carbocycles. The molecule has 2 aromatic heterocycles. The van der Waals surface area contributed by atoms with E-state index >= 15 is 0 Å². The second kappa shape index (κ2) is 10.4. The third-order valence-electron chi connectivity index (χ3n) is 5.83. The summed E-state index contributed by atoms with van der Waals surface area (Å²) in [7, 11) is 0. The van der Waals surface area contributed by atoms with Crippen molar-refractivity contribution >= 4 is 29.2 Å². The highest BCUT2D eigenvalue weighted by Crippen LogP contribution is 2.26. The van der Waals surface area contributed by atoms with Crippen molar-refractivity contribution in [3.05, 3.63) is 65.0 Å². The topological polar surface area (TPSA) is 104 Å². The number of benzene rings is 1. The molecule has 4 N–H and O–H groups in total. The fourth-order valence-corrected chi connectivity index (χ4v) is 3.80. The van der Waals surface area contributed by atoms with E-state index in [0.29, 0.717) is 23.3 Å². The largest absolute Gasteiger partial charge is 0.350 e. The van der Waals surface area contributed by atoms with Crippen LogP contribution in [0.25, 0.3) is 0 Å². The van der Waals surface area contributed by atoms with E-state index in [1.54, 1.807) is 32.0 Å². The van der Waals surface area contributed by atoms with E-state index in [-0.39, 0.29) is 17.5 Å². The molecule has 0 radical (unpaired) electrons. The molecule has 0 saturated heterocycles. The van der Waals surface area contributed by atoms with Crippen molar-refractivity contribution in [3.8, 4) is 0 Å². The number of anilines is 4. The highest BCUT2D eigenvalue weighted by Gasteiger charge is 2.23. The molecule has 9 heteroatoms. The third-order valence-corrected chi connectivity index (χ3v) is 5.83. The standard InChI is InChI=1S/C26H32FN7O/c1-16(2)30-24(35)20-14-29-25(31-19-9-8-18-13-28-11-10-17(18)12-19)34-23(20)33-22-7-5-6-21(32-22)26(3,4)15-27/h5-9,12,14,16,28H,10-11,13,15H2,1-4H3,(H,30,35)(H2,29,31,32,33,34). The van der Waals surface area contributed by atoms with Gasteiger partial charge < -0.3 is 21.3 Å². The number of carbonyl (C=O) groups excluding carboxylic acids is 1. The predicted molar refractivity (Wildman–Crippen MR) is 136 cm³/mol. The second-order valence-corrected chi connectivity index (χ2v) is 9.67. The Balaban J connectivity index is 1.65. The zero-order valence-corrected chi connectivity index (χ0v) is 20.6. The number of amides is 1. The van der Waals surface area contributed by atoms with E-state index in [4.69, 9.17) is 0 Å². The lowest BCUT2D eigenvalue weighted by Gasteiger charge is -2.21. The van der Waals surface area contributed by atoms with Crippen LogP contribution in [0.4, 0.5) is 27.7 Å². The summed E-state index contributed by atoms with van der Waals surface area (Å²) in [5.41, 5.74) is 3.62. The van der Waals surface area contributed by atoms with Gasteiger partial charge in [-0.1, -0.05) is 26.0 Å². The van der Waals surface area contributed by atoms with E-state index in [9.17, 15) is 9.18 Å². The average Bonchev–Trinajstić information content (AvgIpc) is 2.84. The monoisotopic (exact) mass is 477 g/mol. The summed E-state index contributed by atoms with van der Waals surface area (Å²) in [5, 5.41) is 12.6. The minimum atomic E-state index is -0.726. The van der Waals surface area contributed by atoms with Gasteiger partial charge in [-0.15, -0.1) is 0 Å². The lowest BCUT2D eigenvalue weighted by molar-refractivity contribution is 0.0943. The number of hydrogen-bond donors (Lipinski definition) is 4. The van der Waals surface area contributed by atoms with Crippen LogP contribution in [0.15, 0.2) is 42.6 Å². The summed E-state index contributed by atoms with van der Waals surface area (Å²) < 4.78 is 13.5. The Bertz CT molecular complexity index is 1210. The smallest absolute Gasteiger partial charge is 0.256 e. The molecular formula is C26H32FN7O. The summed E-state index contributed by atoms with van der Waals surface area (Å²) >= 11 is 0. The molecule has 184 valence electrons. The molecule has 8 nitrogen and oxygen atoms in total. The molecule has 0 saturated carbocycles. The van der Waals surface area contributed by atoms with E-state index in [0.717, 1.165) is 25.2 Å². The number of halogens is 1. The van der Waals surface area contributed by atoms with Gasteiger partial charge in [0.1, 0.15) is 23.9 Å². The first-order valence-corrected chi connectivity index (χ1v) is 11.8. The number of rotatable bonds is 8. The number of pyridine rings is 1. The second-order valence-electron chi connectivity index (χ2n) is 9.67. The van der Waals surface area contributed by atoms with Gasteiger partial charge >= 0.3 is 0 Å². The van der Waals surface area contributed by atoms with Gasteiger partial charge in [-0.05, 0) is 62.2 Å². The van der Waals surface area contributed by atoms with Gasteiger partial charge in [-0.2, -0.15) is 4.98 Å². The first-order chi connectivity index (χ1) is 16.7. The Morgan fingerprint density at radius 3 is 2.74 bits per heavy atom. The van der Waals surface area contributed by atoms with Gasteiger partial charge in [0.25, 0.3) is 5.91 Å². The van der Waals surface area contributed by atoms with Crippen molar-refractivity contribution in [1.29, 1.82) is 0 Å². The molecule has 1 aromatic carbocycles. The predicted octanol–water partition coefficient (Wildman–Crippen LogP) is 4.39. The summed E-state index contributed by atoms with van der Waals surface area (Å²) in [4.78, 5) is 26.4. The lowest BCUT2D eigenvalue weighted by Crippen LogP contribution is -2.31. The van der Waals surface area contributed by atoms with Crippen LogP contribution in [0.2, 0.25) is 0 Å². The number of carbonyl (C=O) groups is 1. The molecule has 1 aliphatic rings. The highest BCUT2D eigenvalue weighted by atomic mass is 19.1.